The molecule has 17 heavy (non-hydrogen) atoms. The lowest BCUT2D eigenvalue weighted by Crippen LogP contribution is -2.55. The van der Waals surface area contributed by atoms with Gasteiger partial charge in [-0.2, -0.15) is 0 Å². The van der Waals surface area contributed by atoms with E-state index in [-0.39, 0.29) is 17.9 Å². The molecule has 0 aromatic heterocycles. The van der Waals surface area contributed by atoms with Crippen molar-refractivity contribution >= 4 is 5.91 Å². The molecule has 0 aromatic carbocycles. The Morgan fingerprint density at radius 3 is 2.76 bits per heavy atom. The normalized spacial score (nSPS) is 35.2. The monoisotopic (exact) mass is 241 g/mol. The number of carbonyl (C=O) groups excluding carboxylic acids is 1. The van der Waals surface area contributed by atoms with E-state index in [1.54, 1.807) is 0 Å². The number of nitrogens with two attached hydrogens (primary N) is 1. The van der Waals surface area contributed by atoms with Crippen LogP contribution in [0.5, 0.6) is 0 Å². The summed E-state index contributed by atoms with van der Waals surface area (Å²) in [4.78, 5) is 16.6. The first-order valence-corrected chi connectivity index (χ1v) is 6.45. The van der Waals surface area contributed by atoms with Crippen LogP contribution in [0.2, 0.25) is 0 Å². The first-order chi connectivity index (χ1) is 8.13. The van der Waals surface area contributed by atoms with Crippen molar-refractivity contribution in [3.05, 3.63) is 0 Å². The fraction of sp³-hybridized carbons (Fsp3) is 0.917. The second kappa shape index (κ2) is 5.33. The number of rotatable bonds is 2. The Bertz CT molecular complexity index is 285. The summed E-state index contributed by atoms with van der Waals surface area (Å²) in [5.74, 6) is 0.0532. The van der Waals surface area contributed by atoms with Crippen LogP contribution in [-0.4, -0.2) is 67.7 Å². The number of ether oxygens (including phenoxy) is 1. The highest BCUT2D eigenvalue weighted by Gasteiger charge is 2.36. The first-order valence-electron chi connectivity index (χ1n) is 6.45. The minimum Gasteiger partial charge on any atom is -0.379 e. The molecule has 5 nitrogen and oxygen atoms in total. The van der Waals surface area contributed by atoms with E-state index in [9.17, 15) is 4.79 Å². The average Bonchev–Trinajstić information content (AvgIpc) is 2.75. The van der Waals surface area contributed by atoms with Crippen molar-refractivity contribution in [2.75, 3.05) is 39.9 Å². The predicted molar refractivity (Wildman–Crippen MR) is 65.6 cm³/mol. The van der Waals surface area contributed by atoms with E-state index >= 15 is 0 Å². The van der Waals surface area contributed by atoms with E-state index in [0.29, 0.717) is 19.3 Å². The molecule has 2 aliphatic rings. The van der Waals surface area contributed by atoms with Crippen LogP contribution in [0.3, 0.4) is 0 Å². The summed E-state index contributed by atoms with van der Waals surface area (Å²) in [7, 11) is 2.13. The number of piperazine rings is 1. The lowest BCUT2D eigenvalue weighted by molar-refractivity contribution is -0.138. The second-order valence-corrected chi connectivity index (χ2v) is 5.13. The average molecular weight is 241 g/mol. The van der Waals surface area contributed by atoms with Gasteiger partial charge in [-0.1, -0.05) is 6.92 Å². The summed E-state index contributed by atoms with van der Waals surface area (Å²) in [6, 6.07) is 0.355. The predicted octanol–water partition coefficient (Wildman–Crippen LogP) is -0.487. The molecule has 2 saturated heterocycles. The summed E-state index contributed by atoms with van der Waals surface area (Å²) in [6.07, 6.45) is 1.08. The largest absolute Gasteiger partial charge is 0.379 e. The van der Waals surface area contributed by atoms with Gasteiger partial charge in [0.1, 0.15) is 0 Å². The number of nitrogens with zero attached hydrogens (tertiary/aromatic N) is 2. The number of amides is 1. The third kappa shape index (κ3) is 2.61. The molecular formula is C12H23N3O2. The summed E-state index contributed by atoms with van der Waals surface area (Å²) in [5, 5.41) is 0. The fourth-order valence-electron chi connectivity index (χ4n) is 2.65. The highest BCUT2D eigenvalue weighted by Crippen LogP contribution is 2.18. The first kappa shape index (κ1) is 12.8. The minimum atomic E-state index is -0.129. The standard InChI is InChI=1S/C12H23N3O2/c1-3-9-6-15(5-4-14(9)2)12(16)10-7-17-8-11(10)13/h9-11H,3-8,13H2,1-2H3. The van der Waals surface area contributed by atoms with Crippen molar-refractivity contribution in [3.8, 4) is 0 Å². The molecule has 0 bridgehead atoms. The van der Waals surface area contributed by atoms with Gasteiger partial charge in [-0.3, -0.25) is 9.69 Å². The highest BCUT2D eigenvalue weighted by atomic mass is 16.5. The molecule has 2 N–H and O–H groups in total. The van der Waals surface area contributed by atoms with Crippen LogP contribution in [0.15, 0.2) is 0 Å². The maximum absolute atomic E-state index is 12.3. The topological polar surface area (TPSA) is 58.8 Å². The minimum absolute atomic E-state index is 0.123. The van der Waals surface area contributed by atoms with E-state index in [1.807, 2.05) is 4.90 Å². The third-order valence-corrected chi connectivity index (χ3v) is 4.00. The van der Waals surface area contributed by atoms with Gasteiger partial charge in [0.15, 0.2) is 0 Å². The van der Waals surface area contributed by atoms with E-state index < -0.39 is 0 Å². The Morgan fingerprint density at radius 1 is 1.41 bits per heavy atom. The maximum Gasteiger partial charge on any atom is 0.229 e. The quantitative estimate of drug-likeness (QED) is 0.709. The number of hydrogen-bond acceptors (Lipinski definition) is 4. The van der Waals surface area contributed by atoms with Crippen LogP contribution < -0.4 is 5.73 Å². The van der Waals surface area contributed by atoms with Crippen LogP contribution in [0.4, 0.5) is 0 Å². The van der Waals surface area contributed by atoms with Crippen LogP contribution in [0, 0.1) is 5.92 Å². The van der Waals surface area contributed by atoms with Gasteiger partial charge in [-0.15, -0.1) is 0 Å². The van der Waals surface area contributed by atoms with Crippen LogP contribution in [-0.2, 0) is 9.53 Å². The molecule has 1 amide bonds. The van der Waals surface area contributed by atoms with Gasteiger partial charge in [0.25, 0.3) is 0 Å². The Labute approximate surface area is 103 Å². The molecule has 0 aromatic rings. The molecule has 98 valence electrons. The molecule has 0 spiro atoms. The molecular weight excluding hydrogens is 218 g/mol. The summed E-state index contributed by atoms with van der Waals surface area (Å²) in [5.41, 5.74) is 5.90. The van der Waals surface area contributed by atoms with Crippen molar-refractivity contribution in [2.45, 2.75) is 25.4 Å². The molecule has 2 heterocycles. The van der Waals surface area contributed by atoms with Crippen molar-refractivity contribution in [1.82, 2.24) is 9.80 Å². The van der Waals surface area contributed by atoms with Gasteiger partial charge in [-0.25, -0.2) is 0 Å². The zero-order chi connectivity index (χ0) is 12.4. The van der Waals surface area contributed by atoms with Crippen LogP contribution in [0.25, 0.3) is 0 Å². The zero-order valence-electron chi connectivity index (χ0n) is 10.8. The fourth-order valence-corrected chi connectivity index (χ4v) is 2.65. The van der Waals surface area contributed by atoms with E-state index in [4.69, 9.17) is 10.5 Å². The van der Waals surface area contributed by atoms with Gasteiger partial charge in [0.05, 0.1) is 19.1 Å². The molecule has 0 radical (unpaired) electrons. The Kier molecular flexibility index (Phi) is 4.01. The van der Waals surface area contributed by atoms with E-state index in [0.717, 1.165) is 26.1 Å². The zero-order valence-corrected chi connectivity index (χ0v) is 10.8. The van der Waals surface area contributed by atoms with Crippen molar-refractivity contribution in [2.24, 2.45) is 11.7 Å². The van der Waals surface area contributed by atoms with Crippen molar-refractivity contribution < 1.29 is 9.53 Å². The SMILES string of the molecule is CCC1CN(C(=O)C2COCC2N)CCN1C. The van der Waals surface area contributed by atoms with Crippen LogP contribution in [0.1, 0.15) is 13.3 Å². The van der Waals surface area contributed by atoms with Crippen LogP contribution >= 0.6 is 0 Å². The summed E-state index contributed by atoms with van der Waals surface area (Å²) < 4.78 is 5.27. The van der Waals surface area contributed by atoms with Crippen molar-refractivity contribution in [1.29, 1.82) is 0 Å². The Hall–Kier alpha value is -0.650. The van der Waals surface area contributed by atoms with E-state index in [2.05, 4.69) is 18.9 Å². The van der Waals surface area contributed by atoms with Crippen molar-refractivity contribution in [3.63, 3.8) is 0 Å². The molecule has 0 aliphatic carbocycles. The summed E-state index contributed by atoms with van der Waals surface area (Å²) >= 11 is 0. The third-order valence-electron chi connectivity index (χ3n) is 4.00. The second-order valence-electron chi connectivity index (χ2n) is 5.13. The van der Waals surface area contributed by atoms with Gasteiger partial charge in [-0.05, 0) is 13.5 Å². The molecule has 2 aliphatic heterocycles. The molecule has 0 saturated carbocycles. The smallest absolute Gasteiger partial charge is 0.229 e. The molecule has 3 atom stereocenters. The maximum atomic E-state index is 12.3. The molecule has 2 fully saturated rings. The number of hydrogen-bond donors (Lipinski definition) is 1. The highest BCUT2D eigenvalue weighted by molar-refractivity contribution is 5.80. The van der Waals surface area contributed by atoms with Gasteiger partial charge < -0.3 is 15.4 Å². The Morgan fingerprint density at radius 2 is 2.18 bits per heavy atom. The van der Waals surface area contributed by atoms with Gasteiger partial charge >= 0.3 is 0 Å². The van der Waals surface area contributed by atoms with Gasteiger partial charge in [0, 0.05) is 31.7 Å². The number of carbonyl (C=O) groups is 1. The Balaban J connectivity index is 1.95. The van der Waals surface area contributed by atoms with Gasteiger partial charge in [0.2, 0.25) is 5.91 Å². The lowest BCUT2D eigenvalue weighted by atomic mass is 10.0. The molecule has 3 unspecified atom stereocenters. The summed E-state index contributed by atoms with van der Waals surface area (Å²) in [6.45, 7) is 5.77. The molecule has 5 heteroatoms. The molecule has 2 rings (SSSR count). The number of likely N-dealkylation sites (N-methyl/N-ethyl adjacent to an activating group) is 1. The lowest BCUT2D eigenvalue weighted by Gasteiger charge is -2.40. The van der Waals surface area contributed by atoms with E-state index in [1.165, 1.54) is 0 Å².